The minimum absolute atomic E-state index is 0.105. The van der Waals surface area contributed by atoms with Crippen molar-refractivity contribution in [1.29, 1.82) is 0 Å². The maximum absolute atomic E-state index is 12.5. The number of rotatable bonds is 4. The lowest BCUT2D eigenvalue weighted by Gasteiger charge is -2.26. The van der Waals surface area contributed by atoms with Gasteiger partial charge in [-0.3, -0.25) is 4.79 Å². The van der Waals surface area contributed by atoms with Crippen LogP contribution < -0.4 is 0 Å². The van der Waals surface area contributed by atoms with Gasteiger partial charge in [0, 0.05) is 17.7 Å². The molecular weight excluding hydrogens is 262 g/mol. The molecule has 2 unspecified atom stereocenters. The predicted octanol–water partition coefficient (Wildman–Crippen LogP) is 2.20. The minimum atomic E-state index is -0.947. The predicted molar refractivity (Wildman–Crippen MR) is 74.4 cm³/mol. The van der Waals surface area contributed by atoms with E-state index in [0.29, 0.717) is 12.2 Å². The minimum Gasteiger partial charge on any atom is -0.480 e. The Balaban J connectivity index is 2.20. The molecule has 2 rings (SSSR count). The van der Waals surface area contributed by atoms with E-state index in [2.05, 4.69) is 0 Å². The molecule has 0 saturated carbocycles. The van der Waals surface area contributed by atoms with Crippen LogP contribution in [0.25, 0.3) is 0 Å². The van der Waals surface area contributed by atoms with Crippen molar-refractivity contribution in [2.24, 2.45) is 0 Å². The van der Waals surface area contributed by atoms with Gasteiger partial charge in [0.1, 0.15) is 6.04 Å². The Morgan fingerprint density at radius 1 is 1.47 bits per heavy atom. The molecule has 5 heteroatoms. The van der Waals surface area contributed by atoms with Gasteiger partial charge in [0.15, 0.2) is 0 Å². The summed E-state index contributed by atoms with van der Waals surface area (Å²) in [6.45, 7) is 1.78. The molecule has 19 heavy (non-hydrogen) atoms. The van der Waals surface area contributed by atoms with Crippen LogP contribution in [0.1, 0.15) is 24.8 Å². The summed E-state index contributed by atoms with van der Waals surface area (Å²) in [4.78, 5) is 26.1. The maximum atomic E-state index is 12.5. The van der Waals surface area contributed by atoms with Crippen LogP contribution in [0.5, 0.6) is 0 Å². The van der Waals surface area contributed by atoms with Crippen molar-refractivity contribution < 1.29 is 14.7 Å². The lowest BCUT2D eigenvalue weighted by Crippen LogP contribution is -2.44. The molecule has 1 aliphatic heterocycles. The van der Waals surface area contributed by atoms with E-state index in [1.165, 1.54) is 4.90 Å². The monoisotopic (exact) mass is 279 g/mol. The van der Waals surface area contributed by atoms with Crippen LogP contribution in [0.4, 0.5) is 0 Å². The lowest BCUT2D eigenvalue weighted by atomic mass is 9.99. The zero-order valence-corrected chi connectivity index (χ0v) is 11.8. The Kier molecular flexibility index (Phi) is 4.14. The molecule has 1 N–H and O–H groups in total. The fourth-order valence-electron chi connectivity index (χ4n) is 2.38. The standard InChI is InChI=1S/C14H17NO3S/c1-3-11(14(17)18)15(2)13(16)10-8-19-12-7-5-4-6-9(10)12/h4-7,10-11H,3,8H2,1-2H3,(H,17,18). The molecule has 1 heterocycles. The van der Waals surface area contributed by atoms with E-state index in [1.54, 1.807) is 25.7 Å². The van der Waals surface area contributed by atoms with Crippen LogP contribution in [0.2, 0.25) is 0 Å². The Morgan fingerprint density at radius 3 is 2.79 bits per heavy atom. The van der Waals surface area contributed by atoms with Crippen LogP contribution in [0.3, 0.4) is 0 Å². The largest absolute Gasteiger partial charge is 0.480 e. The summed E-state index contributed by atoms with van der Waals surface area (Å²) in [6, 6.07) is 7.08. The summed E-state index contributed by atoms with van der Waals surface area (Å²) >= 11 is 1.65. The zero-order chi connectivity index (χ0) is 14.0. The molecule has 102 valence electrons. The molecule has 0 spiro atoms. The summed E-state index contributed by atoms with van der Waals surface area (Å²) in [7, 11) is 1.58. The Labute approximate surface area is 116 Å². The molecule has 1 amide bonds. The fourth-order valence-corrected chi connectivity index (χ4v) is 3.60. The third kappa shape index (κ3) is 2.61. The third-order valence-electron chi connectivity index (χ3n) is 3.48. The number of hydrogen-bond acceptors (Lipinski definition) is 3. The molecule has 0 aliphatic carbocycles. The number of nitrogens with zero attached hydrogens (tertiary/aromatic N) is 1. The summed E-state index contributed by atoms with van der Waals surface area (Å²) in [6.07, 6.45) is 0.416. The average molecular weight is 279 g/mol. The van der Waals surface area contributed by atoms with Crippen molar-refractivity contribution in [2.45, 2.75) is 30.2 Å². The van der Waals surface area contributed by atoms with Crippen molar-refractivity contribution >= 4 is 23.6 Å². The van der Waals surface area contributed by atoms with Crippen LogP contribution in [-0.2, 0) is 9.59 Å². The van der Waals surface area contributed by atoms with Crippen molar-refractivity contribution in [3.63, 3.8) is 0 Å². The summed E-state index contributed by atoms with van der Waals surface area (Å²) in [5.41, 5.74) is 1.02. The summed E-state index contributed by atoms with van der Waals surface area (Å²) < 4.78 is 0. The second-order valence-electron chi connectivity index (χ2n) is 4.61. The van der Waals surface area contributed by atoms with E-state index in [9.17, 15) is 9.59 Å². The van der Waals surface area contributed by atoms with Crippen LogP contribution in [0, 0.1) is 0 Å². The maximum Gasteiger partial charge on any atom is 0.326 e. The fraction of sp³-hybridized carbons (Fsp3) is 0.429. The number of likely N-dealkylation sites (N-methyl/N-ethyl adjacent to an activating group) is 1. The topological polar surface area (TPSA) is 57.6 Å². The van der Waals surface area contributed by atoms with Gasteiger partial charge in [-0.25, -0.2) is 4.79 Å². The smallest absolute Gasteiger partial charge is 0.326 e. The van der Waals surface area contributed by atoms with Gasteiger partial charge in [-0.1, -0.05) is 25.1 Å². The van der Waals surface area contributed by atoms with E-state index >= 15 is 0 Å². The Bertz CT molecular complexity index is 503. The van der Waals surface area contributed by atoms with Gasteiger partial charge in [-0.05, 0) is 18.1 Å². The molecule has 1 aromatic carbocycles. The first-order valence-electron chi connectivity index (χ1n) is 6.27. The van der Waals surface area contributed by atoms with Crippen LogP contribution in [0.15, 0.2) is 29.2 Å². The van der Waals surface area contributed by atoms with E-state index in [-0.39, 0.29) is 11.8 Å². The van der Waals surface area contributed by atoms with Gasteiger partial charge >= 0.3 is 5.97 Å². The van der Waals surface area contributed by atoms with Gasteiger partial charge in [-0.2, -0.15) is 0 Å². The van der Waals surface area contributed by atoms with Crippen molar-refractivity contribution in [3.05, 3.63) is 29.8 Å². The van der Waals surface area contributed by atoms with E-state index < -0.39 is 12.0 Å². The number of thioether (sulfide) groups is 1. The van der Waals surface area contributed by atoms with E-state index in [4.69, 9.17) is 5.11 Å². The molecule has 2 atom stereocenters. The van der Waals surface area contributed by atoms with E-state index in [1.807, 2.05) is 24.3 Å². The highest BCUT2D eigenvalue weighted by molar-refractivity contribution is 7.99. The highest BCUT2D eigenvalue weighted by atomic mass is 32.2. The molecule has 4 nitrogen and oxygen atoms in total. The first-order valence-corrected chi connectivity index (χ1v) is 7.26. The van der Waals surface area contributed by atoms with Gasteiger partial charge in [0.2, 0.25) is 5.91 Å². The number of carboxylic acid groups (broad SMARTS) is 1. The van der Waals surface area contributed by atoms with Gasteiger partial charge < -0.3 is 10.0 Å². The number of hydrogen-bond donors (Lipinski definition) is 1. The number of fused-ring (bicyclic) bond motifs is 1. The molecule has 0 aromatic heterocycles. The first kappa shape index (κ1) is 13.9. The number of carbonyl (C=O) groups is 2. The Hall–Kier alpha value is -1.49. The molecular formula is C14H17NO3S. The number of aliphatic carboxylic acids is 1. The molecule has 0 radical (unpaired) electrons. The summed E-state index contributed by atoms with van der Waals surface area (Å²) in [5.74, 6) is -0.581. The van der Waals surface area contributed by atoms with Crippen LogP contribution >= 0.6 is 11.8 Å². The molecule has 0 bridgehead atoms. The highest BCUT2D eigenvalue weighted by Crippen LogP contribution is 2.40. The lowest BCUT2D eigenvalue weighted by molar-refractivity contribution is -0.149. The van der Waals surface area contributed by atoms with E-state index in [0.717, 1.165) is 10.5 Å². The van der Waals surface area contributed by atoms with Crippen LogP contribution in [-0.4, -0.2) is 40.7 Å². The first-order chi connectivity index (χ1) is 9.06. The van der Waals surface area contributed by atoms with Crippen molar-refractivity contribution in [3.8, 4) is 0 Å². The number of benzene rings is 1. The average Bonchev–Trinajstić information content (AvgIpc) is 2.82. The van der Waals surface area contributed by atoms with Gasteiger partial charge in [-0.15, -0.1) is 11.8 Å². The normalized spacial score (nSPS) is 18.7. The summed E-state index contributed by atoms with van der Waals surface area (Å²) in [5, 5.41) is 9.13. The quantitative estimate of drug-likeness (QED) is 0.918. The van der Waals surface area contributed by atoms with Crippen molar-refractivity contribution in [1.82, 2.24) is 4.90 Å². The molecule has 0 saturated heterocycles. The third-order valence-corrected chi connectivity index (χ3v) is 4.67. The van der Waals surface area contributed by atoms with Crippen molar-refractivity contribution in [2.75, 3.05) is 12.8 Å². The van der Waals surface area contributed by atoms with Gasteiger partial charge in [0.05, 0.1) is 5.92 Å². The molecule has 0 fully saturated rings. The molecule has 1 aliphatic rings. The zero-order valence-electron chi connectivity index (χ0n) is 11.0. The number of amides is 1. The molecule has 1 aromatic rings. The second-order valence-corrected chi connectivity index (χ2v) is 5.67. The van der Waals surface area contributed by atoms with Gasteiger partial charge in [0.25, 0.3) is 0 Å². The Morgan fingerprint density at radius 2 is 2.16 bits per heavy atom. The second kappa shape index (κ2) is 5.65. The number of carbonyl (C=O) groups excluding carboxylic acids is 1. The SMILES string of the molecule is CCC(C(=O)O)N(C)C(=O)C1CSc2ccccc21. The number of carboxylic acids is 1. The highest BCUT2D eigenvalue weighted by Gasteiger charge is 2.34.